The van der Waals surface area contributed by atoms with E-state index in [-0.39, 0.29) is 12.5 Å². The molecule has 1 amide bonds. The van der Waals surface area contributed by atoms with Crippen molar-refractivity contribution < 1.29 is 9.53 Å². The number of nitrogens with one attached hydrogen (secondary N) is 1. The van der Waals surface area contributed by atoms with Crippen molar-refractivity contribution in [3.05, 3.63) is 24.3 Å². The number of rotatable bonds is 4. The van der Waals surface area contributed by atoms with Gasteiger partial charge in [0, 0.05) is 6.04 Å². The van der Waals surface area contributed by atoms with Crippen molar-refractivity contribution in [3.8, 4) is 5.75 Å². The van der Waals surface area contributed by atoms with E-state index in [0.717, 1.165) is 12.8 Å². The maximum absolute atomic E-state index is 11.3. The summed E-state index contributed by atoms with van der Waals surface area (Å²) in [7, 11) is 0. The topological polar surface area (TPSA) is 64.3 Å². The van der Waals surface area contributed by atoms with Crippen molar-refractivity contribution in [2.75, 3.05) is 12.3 Å². The molecule has 80 valence electrons. The quantitative estimate of drug-likeness (QED) is 0.720. The molecule has 3 N–H and O–H groups in total. The first-order chi connectivity index (χ1) is 7.25. The van der Waals surface area contributed by atoms with Crippen molar-refractivity contribution in [1.29, 1.82) is 0 Å². The summed E-state index contributed by atoms with van der Waals surface area (Å²) in [4.78, 5) is 11.3. The molecule has 0 spiro atoms. The molecule has 0 bridgehead atoms. The van der Waals surface area contributed by atoms with E-state index in [2.05, 4.69) is 5.32 Å². The molecule has 0 radical (unpaired) electrons. The van der Waals surface area contributed by atoms with E-state index in [1.165, 1.54) is 0 Å². The molecule has 1 aromatic carbocycles. The first-order valence-corrected chi connectivity index (χ1v) is 5.02. The summed E-state index contributed by atoms with van der Waals surface area (Å²) in [6.45, 7) is 0.0325. The number of carbonyl (C=O) groups excluding carboxylic acids is 1. The third-order valence-electron chi connectivity index (χ3n) is 2.22. The Kier molecular flexibility index (Phi) is 2.76. The zero-order valence-electron chi connectivity index (χ0n) is 8.40. The molecule has 0 atom stereocenters. The summed E-state index contributed by atoms with van der Waals surface area (Å²) < 4.78 is 5.29. The van der Waals surface area contributed by atoms with Crippen LogP contribution < -0.4 is 15.8 Å². The van der Waals surface area contributed by atoms with Gasteiger partial charge in [0.25, 0.3) is 5.91 Å². The summed E-state index contributed by atoms with van der Waals surface area (Å²) in [5.41, 5.74) is 6.22. The average Bonchev–Trinajstić information content (AvgIpc) is 3.00. The van der Waals surface area contributed by atoms with Gasteiger partial charge in [-0.3, -0.25) is 4.79 Å². The molecule has 2 rings (SSSR count). The second-order valence-electron chi connectivity index (χ2n) is 3.67. The number of benzene rings is 1. The predicted octanol–water partition coefficient (Wildman–Crippen LogP) is 0.926. The van der Waals surface area contributed by atoms with E-state index >= 15 is 0 Å². The summed E-state index contributed by atoms with van der Waals surface area (Å²) in [6.07, 6.45) is 2.17. The normalized spacial score (nSPS) is 14.7. The smallest absolute Gasteiger partial charge is 0.258 e. The molecule has 0 saturated heterocycles. The molecule has 0 aliphatic heterocycles. The largest absolute Gasteiger partial charge is 0.482 e. The van der Waals surface area contributed by atoms with E-state index in [1.807, 2.05) is 12.1 Å². The molecular weight excluding hydrogens is 192 g/mol. The van der Waals surface area contributed by atoms with Gasteiger partial charge in [0.05, 0.1) is 5.69 Å². The highest BCUT2D eigenvalue weighted by atomic mass is 16.5. The van der Waals surface area contributed by atoms with Gasteiger partial charge in [-0.15, -0.1) is 0 Å². The van der Waals surface area contributed by atoms with Crippen LogP contribution in [0.5, 0.6) is 5.75 Å². The molecule has 0 aromatic heterocycles. The number of nitrogens with two attached hydrogens (primary N) is 1. The number of carbonyl (C=O) groups is 1. The Bertz CT molecular complexity index is 361. The number of para-hydroxylation sites is 2. The highest BCUT2D eigenvalue weighted by Crippen LogP contribution is 2.20. The third kappa shape index (κ3) is 2.87. The van der Waals surface area contributed by atoms with Crippen LogP contribution in [0.25, 0.3) is 0 Å². The zero-order chi connectivity index (χ0) is 10.7. The molecule has 1 aromatic rings. The van der Waals surface area contributed by atoms with Gasteiger partial charge in [0.15, 0.2) is 6.61 Å². The zero-order valence-corrected chi connectivity index (χ0v) is 8.40. The first-order valence-electron chi connectivity index (χ1n) is 5.02. The minimum absolute atomic E-state index is 0.0325. The molecule has 0 heterocycles. The fourth-order valence-electron chi connectivity index (χ4n) is 1.25. The van der Waals surface area contributed by atoms with Crippen LogP contribution in [0.1, 0.15) is 12.8 Å². The number of hydrogen-bond donors (Lipinski definition) is 2. The lowest BCUT2D eigenvalue weighted by molar-refractivity contribution is -0.123. The van der Waals surface area contributed by atoms with Crippen LogP contribution in [0, 0.1) is 0 Å². The standard InChI is InChI=1S/C11H14N2O2/c12-9-3-1-2-4-10(9)15-7-11(14)13-8-5-6-8/h1-4,8H,5-7,12H2,(H,13,14). The van der Waals surface area contributed by atoms with Gasteiger partial charge in [-0.25, -0.2) is 0 Å². The van der Waals surface area contributed by atoms with Crippen LogP contribution in [-0.2, 0) is 4.79 Å². The van der Waals surface area contributed by atoms with Crippen molar-refractivity contribution in [3.63, 3.8) is 0 Å². The molecule has 1 aliphatic rings. The molecule has 0 unspecified atom stereocenters. The van der Waals surface area contributed by atoms with Crippen LogP contribution >= 0.6 is 0 Å². The van der Waals surface area contributed by atoms with Crippen molar-refractivity contribution in [1.82, 2.24) is 5.32 Å². The Balaban J connectivity index is 1.81. The van der Waals surface area contributed by atoms with Crippen LogP contribution in [-0.4, -0.2) is 18.6 Å². The lowest BCUT2D eigenvalue weighted by atomic mass is 10.3. The van der Waals surface area contributed by atoms with Crippen LogP contribution in [0.4, 0.5) is 5.69 Å². The minimum Gasteiger partial charge on any atom is -0.482 e. The van der Waals surface area contributed by atoms with Gasteiger partial charge in [0.2, 0.25) is 0 Å². The second kappa shape index (κ2) is 4.21. The monoisotopic (exact) mass is 206 g/mol. The predicted molar refractivity (Wildman–Crippen MR) is 57.5 cm³/mol. The van der Waals surface area contributed by atoms with E-state index in [1.54, 1.807) is 12.1 Å². The summed E-state index contributed by atoms with van der Waals surface area (Å²) >= 11 is 0. The fourth-order valence-corrected chi connectivity index (χ4v) is 1.25. The third-order valence-corrected chi connectivity index (χ3v) is 2.22. The van der Waals surface area contributed by atoms with E-state index in [4.69, 9.17) is 10.5 Å². The lowest BCUT2D eigenvalue weighted by Crippen LogP contribution is -2.30. The first kappa shape index (κ1) is 9.83. The minimum atomic E-state index is -0.0826. The molecule has 1 saturated carbocycles. The Morgan fingerprint density at radius 1 is 1.47 bits per heavy atom. The van der Waals surface area contributed by atoms with Gasteiger partial charge < -0.3 is 15.8 Å². The highest BCUT2D eigenvalue weighted by molar-refractivity contribution is 5.78. The summed E-state index contributed by atoms with van der Waals surface area (Å²) in [5, 5.41) is 2.84. The van der Waals surface area contributed by atoms with Gasteiger partial charge in [-0.2, -0.15) is 0 Å². The lowest BCUT2D eigenvalue weighted by Gasteiger charge is -2.08. The Morgan fingerprint density at radius 2 is 2.20 bits per heavy atom. The molecule has 15 heavy (non-hydrogen) atoms. The molecule has 1 aliphatic carbocycles. The summed E-state index contributed by atoms with van der Waals surface area (Å²) in [6, 6.07) is 7.51. The average molecular weight is 206 g/mol. The van der Waals surface area contributed by atoms with Crippen molar-refractivity contribution in [2.24, 2.45) is 0 Å². The number of hydrogen-bond acceptors (Lipinski definition) is 3. The summed E-state index contributed by atoms with van der Waals surface area (Å²) in [5.74, 6) is 0.476. The van der Waals surface area contributed by atoms with Gasteiger partial charge >= 0.3 is 0 Å². The maximum atomic E-state index is 11.3. The van der Waals surface area contributed by atoms with Crippen molar-refractivity contribution in [2.45, 2.75) is 18.9 Å². The van der Waals surface area contributed by atoms with Gasteiger partial charge in [-0.05, 0) is 25.0 Å². The number of anilines is 1. The molecule has 1 fully saturated rings. The highest BCUT2D eigenvalue weighted by Gasteiger charge is 2.23. The number of ether oxygens (including phenoxy) is 1. The van der Waals surface area contributed by atoms with Crippen LogP contribution in [0.2, 0.25) is 0 Å². The Labute approximate surface area is 88.4 Å². The second-order valence-corrected chi connectivity index (χ2v) is 3.67. The van der Waals surface area contributed by atoms with Crippen molar-refractivity contribution >= 4 is 11.6 Å². The Morgan fingerprint density at radius 3 is 2.87 bits per heavy atom. The van der Waals surface area contributed by atoms with Crippen LogP contribution in [0.15, 0.2) is 24.3 Å². The number of amides is 1. The van der Waals surface area contributed by atoms with Crippen LogP contribution in [0.3, 0.4) is 0 Å². The van der Waals surface area contributed by atoms with E-state index in [9.17, 15) is 4.79 Å². The molecular formula is C11H14N2O2. The maximum Gasteiger partial charge on any atom is 0.258 e. The van der Waals surface area contributed by atoms with E-state index in [0.29, 0.717) is 17.5 Å². The Hall–Kier alpha value is -1.71. The number of nitrogen functional groups attached to an aromatic ring is 1. The molecule has 4 heteroatoms. The van der Waals surface area contributed by atoms with E-state index < -0.39 is 0 Å². The van der Waals surface area contributed by atoms with Gasteiger partial charge in [0.1, 0.15) is 5.75 Å². The SMILES string of the molecule is Nc1ccccc1OCC(=O)NC1CC1. The fraction of sp³-hybridized carbons (Fsp3) is 0.364. The molecule has 4 nitrogen and oxygen atoms in total. The van der Waals surface area contributed by atoms with Gasteiger partial charge in [-0.1, -0.05) is 12.1 Å².